The number of rotatable bonds is 5. The molecule has 0 aliphatic rings. The Kier molecular flexibility index (Phi) is 4.32. The zero-order valence-electron chi connectivity index (χ0n) is 11.3. The molecule has 0 fully saturated rings. The van der Waals surface area contributed by atoms with Crippen molar-refractivity contribution in [1.82, 2.24) is 9.78 Å². The van der Waals surface area contributed by atoms with E-state index in [0.29, 0.717) is 6.04 Å². The molecular formula is C13H22N2O2. The molecule has 1 aromatic heterocycles. The summed E-state index contributed by atoms with van der Waals surface area (Å²) in [6.07, 6.45) is 2.03. The molecule has 1 heterocycles. The fourth-order valence-corrected chi connectivity index (χ4v) is 2.42. The number of aryl methyl sites for hydroxylation is 1. The minimum atomic E-state index is -0.791. The minimum Gasteiger partial charge on any atom is -0.481 e. The molecule has 1 atom stereocenters. The molecule has 1 aromatic rings. The summed E-state index contributed by atoms with van der Waals surface area (Å²) in [5.74, 6) is -1.28. The van der Waals surface area contributed by atoms with E-state index in [1.165, 1.54) is 0 Å². The molecule has 1 unspecified atom stereocenters. The Hall–Kier alpha value is -1.32. The number of carboxylic acids is 1. The van der Waals surface area contributed by atoms with E-state index in [1.807, 2.05) is 18.5 Å². The summed E-state index contributed by atoms with van der Waals surface area (Å²) in [6.45, 7) is 9.83. The Morgan fingerprint density at radius 3 is 2.29 bits per heavy atom. The summed E-state index contributed by atoms with van der Waals surface area (Å²) in [5.41, 5.74) is 2.69. The summed E-state index contributed by atoms with van der Waals surface area (Å²) in [7, 11) is 0. The molecule has 0 spiro atoms. The van der Waals surface area contributed by atoms with Crippen LogP contribution in [0.3, 0.4) is 0 Å². The molecule has 0 radical (unpaired) electrons. The first kappa shape index (κ1) is 13.7. The molecule has 0 amide bonds. The van der Waals surface area contributed by atoms with E-state index in [1.54, 1.807) is 6.92 Å². The van der Waals surface area contributed by atoms with E-state index in [2.05, 4.69) is 18.9 Å². The summed E-state index contributed by atoms with van der Waals surface area (Å²) in [5, 5.41) is 13.6. The highest BCUT2D eigenvalue weighted by atomic mass is 16.4. The van der Waals surface area contributed by atoms with Gasteiger partial charge in [-0.3, -0.25) is 9.48 Å². The number of aromatic nitrogens is 2. The molecule has 0 aliphatic carbocycles. The molecule has 0 aliphatic heterocycles. The van der Waals surface area contributed by atoms with Gasteiger partial charge in [0.2, 0.25) is 0 Å². The van der Waals surface area contributed by atoms with Crippen molar-refractivity contribution < 1.29 is 9.90 Å². The van der Waals surface area contributed by atoms with Crippen LogP contribution in [-0.2, 0) is 4.79 Å². The quantitative estimate of drug-likeness (QED) is 0.857. The molecule has 1 N–H and O–H groups in total. The van der Waals surface area contributed by atoms with E-state index in [-0.39, 0.29) is 0 Å². The van der Waals surface area contributed by atoms with Gasteiger partial charge in [-0.15, -0.1) is 0 Å². The molecular weight excluding hydrogens is 216 g/mol. The number of hydrogen-bond donors (Lipinski definition) is 1. The van der Waals surface area contributed by atoms with E-state index in [4.69, 9.17) is 5.11 Å². The molecule has 0 saturated carbocycles. The Balaban J connectivity index is 3.22. The maximum Gasteiger partial charge on any atom is 0.310 e. The van der Waals surface area contributed by atoms with Crippen LogP contribution in [0.4, 0.5) is 0 Å². The first-order valence-electron chi connectivity index (χ1n) is 6.22. The summed E-state index contributed by atoms with van der Waals surface area (Å²) in [4.78, 5) is 11.1. The number of carboxylic acid groups (broad SMARTS) is 1. The van der Waals surface area contributed by atoms with Gasteiger partial charge in [0, 0.05) is 11.3 Å². The number of carbonyl (C=O) groups is 1. The van der Waals surface area contributed by atoms with E-state index >= 15 is 0 Å². The average Bonchev–Trinajstić information content (AvgIpc) is 2.56. The van der Waals surface area contributed by atoms with Crippen LogP contribution in [0.5, 0.6) is 0 Å². The predicted octanol–water partition coefficient (Wildman–Crippen LogP) is 3.05. The van der Waals surface area contributed by atoms with Gasteiger partial charge in [-0.2, -0.15) is 5.10 Å². The van der Waals surface area contributed by atoms with E-state index < -0.39 is 11.9 Å². The van der Waals surface area contributed by atoms with Crippen molar-refractivity contribution >= 4 is 5.97 Å². The van der Waals surface area contributed by atoms with Crippen molar-refractivity contribution in [2.45, 2.75) is 59.4 Å². The highest BCUT2D eigenvalue weighted by molar-refractivity contribution is 5.76. The predicted molar refractivity (Wildman–Crippen MR) is 67.4 cm³/mol. The van der Waals surface area contributed by atoms with Gasteiger partial charge in [-0.25, -0.2) is 0 Å². The van der Waals surface area contributed by atoms with Gasteiger partial charge in [0.1, 0.15) is 0 Å². The number of nitrogens with zero attached hydrogens (tertiary/aromatic N) is 2. The first-order chi connectivity index (χ1) is 7.93. The van der Waals surface area contributed by atoms with Gasteiger partial charge >= 0.3 is 5.97 Å². The van der Waals surface area contributed by atoms with Crippen molar-refractivity contribution in [3.05, 3.63) is 17.0 Å². The number of hydrogen-bond acceptors (Lipinski definition) is 2. The first-order valence-corrected chi connectivity index (χ1v) is 6.22. The lowest BCUT2D eigenvalue weighted by atomic mass is 9.99. The molecule has 17 heavy (non-hydrogen) atoms. The second-order valence-electron chi connectivity index (χ2n) is 4.56. The zero-order chi connectivity index (χ0) is 13.2. The van der Waals surface area contributed by atoms with Gasteiger partial charge in [0.15, 0.2) is 0 Å². The van der Waals surface area contributed by atoms with Crippen LogP contribution in [0, 0.1) is 13.8 Å². The average molecular weight is 238 g/mol. The van der Waals surface area contributed by atoms with Crippen LogP contribution in [0.25, 0.3) is 0 Å². The van der Waals surface area contributed by atoms with E-state index in [9.17, 15) is 4.79 Å². The fraction of sp³-hybridized carbons (Fsp3) is 0.692. The zero-order valence-corrected chi connectivity index (χ0v) is 11.3. The van der Waals surface area contributed by atoms with Crippen molar-refractivity contribution in [2.75, 3.05) is 0 Å². The fourth-order valence-electron chi connectivity index (χ4n) is 2.42. The van der Waals surface area contributed by atoms with E-state index in [0.717, 1.165) is 29.8 Å². The summed E-state index contributed by atoms with van der Waals surface area (Å²) >= 11 is 0. The monoisotopic (exact) mass is 238 g/mol. The third-order valence-electron chi connectivity index (χ3n) is 3.47. The molecule has 4 heteroatoms. The minimum absolute atomic E-state index is 0.364. The van der Waals surface area contributed by atoms with Crippen LogP contribution < -0.4 is 0 Å². The van der Waals surface area contributed by atoms with Gasteiger partial charge in [-0.05, 0) is 33.6 Å². The second-order valence-corrected chi connectivity index (χ2v) is 4.56. The van der Waals surface area contributed by atoms with Crippen LogP contribution >= 0.6 is 0 Å². The largest absolute Gasteiger partial charge is 0.481 e. The lowest BCUT2D eigenvalue weighted by Gasteiger charge is -2.16. The smallest absolute Gasteiger partial charge is 0.310 e. The standard InChI is InChI=1S/C13H22N2O2/c1-6-11(7-2)15-10(5)12(9(4)14-15)8(3)13(16)17/h8,11H,6-7H2,1-5H3,(H,16,17). The topological polar surface area (TPSA) is 55.1 Å². The molecule has 0 aromatic carbocycles. The van der Waals surface area contributed by atoms with Gasteiger partial charge in [0.05, 0.1) is 17.7 Å². The molecule has 0 saturated heterocycles. The lowest BCUT2D eigenvalue weighted by molar-refractivity contribution is -0.138. The maximum atomic E-state index is 11.1. The van der Waals surface area contributed by atoms with Crippen LogP contribution in [0.2, 0.25) is 0 Å². The van der Waals surface area contributed by atoms with Crippen LogP contribution in [0.1, 0.15) is 62.5 Å². The van der Waals surface area contributed by atoms with Gasteiger partial charge in [0.25, 0.3) is 0 Å². The maximum absolute atomic E-state index is 11.1. The van der Waals surface area contributed by atoms with Gasteiger partial charge in [-0.1, -0.05) is 13.8 Å². The normalized spacial score (nSPS) is 13.1. The van der Waals surface area contributed by atoms with Crippen LogP contribution in [-0.4, -0.2) is 20.9 Å². The number of aliphatic carboxylic acids is 1. The molecule has 4 nitrogen and oxygen atoms in total. The highest BCUT2D eigenvalue weighted by Gasteiger charge is 2.24. The van der Waals surface area contributed by atoms with Gasteiger partial charge < -0.3 is 5.11 Å². The summed E-state index contributed by atoms with van der Waals surface area (Å²) in [6, 6.07) is 0.364. The Morgan fingerprint density at radius 1 is 1.35 bits per heavy atom. The molecule has 1 rings (SSSR count). The highest BCUT2D eigenvalue weighted by Crippen LogP contribution is 2.27. The van der Waals surface area contributed by atoms with Crippen molar-refractivity contribution in [2.24, 2.45) is 0 Å². The SMILES string of the molecule is CCC(CC)n1nc(C)c(C(C)C(=O)O)c1C. The van der Waals surface area contributed by atoms with Crippen molar-refractivity contribution in [3.63, 3.8) is 0 Å². The Labute approximate surface area is 103 Å². The second kappa shape index (κ2) is 5.34. The lowest BCUT2D eigenvalue weighted by Crippen LogP contribution is -2.12. The molecule has 0 bridgehead atoms. The van der Waals surface area contributed by atoms with Crippen molar-refractivity contribution in [3.8, 4) is 0 Å². The summed E-state index contributed by atoms with van der Waals surface area (Å²) < 4.78 is 1.99. The Morgan fingerprint density at radius 2 is 1.88 bits per heavy atom. The van der Waals surface area contributed by atoms with Crippen LogP contribution in [0.15, 0.2) is 0 Å². The molecule has 96 valence electrons. The third kappa shape index (κ3) is 2.51. The van der Waals surface area contributed by atoms with Crippen molar-refractivity contribution in [1.29, 1.82) is 0 Å². The Bertz CT molecular complexity index is 406. The third-order valence-corrected chi connectivity index (χ3v) is 3.47.